The quantitative estimate of drug-likeness (QED) is 0.773. The molecule has 1 aromatic heterocycles. The van der Waals surface area contributed by atoms with Crippen LogP contribution in [-0.2, 0) is 0 Å². The molecule has 0 radical (unpaired) electrons. The molecule has 16 heavy (non-hydrogen) atoms. The molecule has 5 heteroatoms. The summed E-state index contributed by atoms with van der Waals surface area (Å²) < 4.78 is 0. The predicted octanol–water partition coefficient (Wildman–Crippen LogP) is 0.706. The Morgan fingerprint density at radius 1 is 1.69 bits per heavy atom. The Hall–Kier alpha value is -1.36. The molecule has 0 saturated carbocycles. The summed E-state index contributed by atoms with van der Waals surface area (Å²) in [5.74, 6) is 0.339. The highest BCUT2D eigenvalue weighted by molar-refractivity contribution is 5.92. The minimum Gasteiger partial charge on any atom is -0.336 e. The summed E-state index contributed by atoms with van der Waals surface area (Å²) in [6, 6.07) is 1.95. The van der Waals surface area contributed by atoms with Gasteiger partial charge in [0.25, 0.3) is 5.91 Å². The van der Waals surface area contributed by atoms with E-state index in [0.717, 1.165) is 18.7 Å². The summed E-state index contributed by atoms with van der Waals surface area (Å²) in [5.41, 5.74) is 7.26. The van der Waals surface area contributed by atoms with Crippen molar-refractivity contribution in [3.05, 3.63) is 17.5 Å². The van der Waals surface area contributed by atoms with Gasteiger partial charge in [-0.15, -0.1) is 0 Å². The van der Waals surface area contributed by atoms with Crippen molar-refractivity contribution < 1.29 is 4.79 Å². The second-order valence-corrected chi connectivity index (χ2v) is 4.66. The molecule has 0 aliphatic carbocycles. The first-order chi connectivity index (χ1) is 7.58. The Morgan fingerprint density at radius 2 is 2.44 bits per heavy atom. The van der Waals surface area contributed by atoms with Gasteiger partial charge in [0.2, 0.25) is 0 Å². The first-order valence-electron chi connectivity index (χ1n) is 5.68. The van der Waals surface area contributed by atoms with Crippen LogP contribution in [0.25, 0.3) is 0 Å². The Kier molecular flexibility index (Phi) is 2.96. The molecule has 5 nitrogen and oxygen atoms in total. The van der Waals surface area contributed by atoms with Crippen LogP contribution in [0.3, 0.4) is 0 Å². The van der Waals surface area contributed by atoms with E-state index in [9.17, 15) is 4.79 Å². The third-order valence-corrected chi connectivity index (χ3v) is 2.95. The van der Waals surface area contributed by atoms with Crippen molar-refractivity contribution in [1.29, 1.82) is 0 Å². The van der Waals surface area contributed by atoms with Gasteiger partial charge < -0.3 is 10.6 Å². The highest BCUT2D eigenvalue weighted by Crippen LogP contribution is 2.15. The van der Waals surface area contributed by atoms with Gasteiger partial charge in [0.15, 0.2) is 0 Å². The standard InChI is InChI=1S/C11H18N4O/c1-7(2)9-5-10(14-13-9)11(16)15-4-3-8(12)6-15/h5,7-8H,3-4,6,12H2,1-2H3,(H,13,14)/t8-/m1/s1. The van der Waals surface area contributed by atoms with E-state index in [1.54, 1.807) is 4.90 Å². The lowest BCUT2D eigenvalue weighted by Gasteiger charge is -2.13. The summed E-state index contributed by atoms with van der Waals surface area (Å²) >= 11 is 0. The van der Waals surface area contributed by atoms with Gasteiger partial charge in [-0.25, -0.2) is 0 Å². The molecule has 0 spiro atoms. The van der Waals surface area contributed by atoms with Crippen molar-refractivity contribution in [2.45, 2.75) is 32.2 Å². The number of carbonyl (C=O) groups excluding carboxylic acids is 1. The molecule has 1 fully saturated rings. The van der Waals surface area contributed by atoms with E-state index in [-0.39, 0.29) is 11.9 Å². The molecule has 1 aliphatic rings. The van der Waals surface area contributed by atoms with Crippen LogP contribution in [0, 0.1) is 0 Å². The van der Waals surface area contributed by atoms with Gasteiger partial charge in [-0.1, -0.05) is 13.8 Å². The van der Waals surface area contributed by atoms with E-state index in [4.69, 9.17) is 5.73 Å². The molecule has 3 N–H and O–H groups in total. The van der Waals surface area contributed by atoms with E-state index in [2.05, 4.69) is 24.0 Å². The fraction of sp³-hybridized carbons (Fsp3) is 0.636. The number of likely N-dealkylation sites (tertiary alicyclic amines) is 1. The monoisotopic (exact) mass is 222 g/mol. The number of nitrogens with one attached hydrogen (secondary N) is 1. The summed E-state index contributed by atoms with van der Waals surface area (Å²) in [5, 5.41) is 6.94. The molecule has 0 aromatic carbocycles. The van der Waals surface area contributed by atoms with Gasteiger partial charge in [-0.05, 0) is 18.4 Å². The zero-order valence-corrected chi connectivity index (χ0v) is 9.73. The Labute approximate surface area is 95.0 Å². The molecule has 2 rings (SSSR count). The molecule has 88 valence electrons. The maximum Gasteiger partial charge on any atom is 0.274 e. The van der Waals surface area contributed by atoms with Crippen LogP contribution in [-0.4, -0.2) is 40.1 Å². The van der Waals surface area contributed by atoms with Crippen LogP contribution < -0.4 is 5.73 Å². The van der Waals surface area contributed by atoms with Crippen molar-refractivity contribution in [3.63, 3.8) is 0 Å². The average molecular weight is 222 g/mol. The fourth-order valence-electron chi connectivity index (χ4n) is 1.88. The summed E-state index contributed by atoms with van der Waals surface area (Å²) in [7, 11) is 0. The van der Waals surface area contributed by atoms with E-state index in [1.165, 1.54) is 0 Å². The first kappa shape index (κ1) is 11.1. The zero-order chi connectivity index (χ0) is 11.7. The van der Waals surface area contributed by atoms with Crippen molar-refractivity contribution in [3.8, 4) is 0 Å². The van der Waals surface area contributed by atoms with Gasteiger partial charge in [-0.2, -0.15) is 5.10 Å². The van der Waals surface area contributed by atoms with Gasteiger partial charge in [0, 0.05) is 24.8 Å². The minimum atomic E-state index is -0.0175. The molecule has 1 saturated heterocycles. The molecule has 2 heterocycles. The first-order valence-corrected chi connectivity index (χ1v) is 5.68. The lowest BCUT2D eigenvalue weighted by Crippen LogP contribution is -2.32. The summed E-state index contributed by atoms with van der Waals surface area (Å²) in [6.07, 6.45) is 0.882. The van der Waals surface area contributed by atoms with Crippen molar-refractivity contribution >= 4 is 5.91 Å². The van der Waals surface area contributed by atoms with E-state index >= 15 is 0 Å². The second-order valence-electron chi connectivity index (χ2n) is 4.66. The molecule has 0 bridgehead atoms. The number of amides is 1. The smallest absolute Gasteiger partial charge is 0.274 e. The largest absolute Gasteiger partial charge is 0.336 e. The SMILES string of the molecule is CC(C)c1cc(C(=O)N2CC[C@@H](N)C2)n[nH]1. The van der Waals surface area contributed by atoms with Gasteiger partial charge in [0.05, 0.1) is 0 Å². The van der Waals surface area contributed by atoms with Crippen molar-refractivity contribution in [1.82, 2.24) is 15.1 Å². The number of nitrogens with two attached hydrogens (primary N) is 1. The normalized spacial score (nSPS) is 20.8. The number of nitrogens with zero attached hydrogens (tertiary/aromatic N) is 2. The highest BCUT2D eigenvalue weighted by Gasteiger charge is 2.26. The summed E-state index contributed by atoms with van der Waals surface area (Å²) in [4.78, 5) is 13.8. The van der Waals surface area contributed by atoms with E-state index in [0.29, 0.717) is 18.2 Å². The number of aromatic nitrogens is 2. The zero-order valence-electron chi connectivity index (χ0n) is 9.73. The van der Waals surface area contributed by atoms with Gasteiger partial charge in [0.1, 0.15) is 5.69 Å². The number of carbonyl (C=O) groups is 1. The second kappa shape index (κ2) is 4.25. The topological polar surface area (TPSA) is 75.0 Å². The molecular weight excluding hydrogens is 204 g/mol. The number of H-pyrrole nitrogens is 1. The third-order valence-electron chi connectivity index (χ3n) is 2.95. The van der Waals surface area contributed by atoms with E-state index < -0.39 is 0 Å². The fourth-order valence-corrected chi connectivity index (χ4v) is 1.88. The van der Waals surface area contributed by atoms with Crippen LogP contribution in [0.1, 0.15) is 42.4 Å². The molecule has 1 aromatic rings. The molecule has 0 unspecified atom stereocenters. The Balaban J connectivity index is 2.09. The van der Waals surface area contributed by atoms with Gasteiger partial charge in [-0.3, -0.25) is 9.89 Å². The predicted molar refractivity (Wildman–Crippen MR) is 61.2 cm³/mol. The Morgan fingerprint density at radius 3 is 2.94 bits per heavy atom. The maximum atomic E-state index is 12.0. The number of hydrogen-bond donors (Lipinski definition) is 2. The van der Waals surface area contributed by atoms with Crippen LogP contribution >= 0.6 is 0 Å². The van der Waals surface area contributed by atoms with Gasteiger partial charge >= 0.3 is 0 Å². The van der Waals surface area contributed by atoms with Crippen LogP contribution in [0.5, 0.6) is 0 Å². The minimum absolute atomic E-state index is 0.0175. The third kappa shape index (κ3) is 2.09. The lowest BCUT2D eigenvalue weighted by molar-refractivity contribution is 0.0785. The summed E-state index contributed by atoms with van der Waals surface area (Å²) in [6.45, 7) is 5.51. The molecule has 1 aliphatic heterocycles. The molecular formula is C11H18N4O. The number of hydrogen-bond acceptors (Lipinski definition) is 3. The maximum absolute atomic E-state index is 12.0. The van der Waals surface area contributed by atoms with Crippen molar-refractivity contribution in [2.24, 2.45) is 5.73 Å². The molecule has 1 atom stereocenters. The van der Waals surface area contributed by atoms with E-state index in [1.807, 2.05) is 6.07 Å². The average Bonchev–Trinajstić information content (AvgIpc) is 2.84. The van der Waals surface area contributed by atoms with Crippen molar-refractivity contribution in [2.75, 3.05) is 13.1 Å². The number of rotatable bonds is 2. The van der Waals surface area contributed by atoms with Crippen LogP contribution in [0.15, 0.2) is 6.07 Å². The molecule has 1 amide bonds. The Bertz CT molecular complexity index is 385. The number of aromatic amines is 1. The van der Waals surface area contributed by atoms with Crippen LogP contribution in [0.4, 0.5) is 0 Å². The lowest BCUT2D eigenvalue weighted by atomic mass is 10.1. The van der Waals surface area contributed by atoms with Crippen LogP contribution in [0.2, 0.25) is 0 Å². The highest BCUT2D eigenvalue weighted by atomic mass is 16.2.